The Labute approximate surface area is 130 Å². The number of urea groups is 1. The number of para-hydroxylation sites is 1. The molecule has 7 nitrogen and oxygen atoms in total. The highest BCUT2D eigenvalue weighted by Gasteiger charge is 2.23. The first-order chi connectivity index (χ1) is 9.31. The minimum atomic E-state index is -1.51. The lowest BCUT2D eigenvalue weighted by molar-refractivity contribution is -0.145. The summed E-state index contributed by atoms with van der Waals surface area (Å²) < 4.78 is 1.18. The summed E-state index contributed by atoms with van der Waals surface area (Å²) >= 11 is 6.46. The fourth-order valence-corrected chi connectivity index (χ4v) is 2.50. The van der Waals surface area contributed by atoms with Crippen LogP contribution in [0.5, 0.6) is 0 Å². The first kappa shape index (κ1) is 16.4. The van der Waals surface area contributed by atoms with Gasteiger partial charge in [0.25, 0.3) is 0 Å². The molecule has 9 heteroatoms. The Morgan fingerprint density at radius 2 is 1.70 bits per heavy atom. The van der Waals surface area contributed by atoms with Crippen LogP contribution < -0.4 is 10.6 Å². The fraction of sp³-hybridized carbons (Fsp3) is 0.182. The number of benzene rings is 1. The van der Waals surface area contributed by atoms with E-state index in [0.717, 1.165) is 0 Å². The summed E-state index contributed by atoms with van der Waals surface area (Å²) in [6.45, 7) is 0. The van der Waals surface area contributed by atoms with E-state index in [9.17, 15) is 14.4 Å². The van der Waals surface area contributed by atoms with Crippen LogP contribution in [0.1, 0.15) is 6.42 Å². The maximum Gasteiger partial charge on any atom is 0.326 e. The molecule has 4 N–H and O–H groups in total. The molecule has 0 aliphatic rings. The highest BCUT2D eigenvalue weighted by Crippen LogP contribution is 2.30. The van der Waals surface area contributed by atoms with E-state index in [1.807, 2.05) is 0 Å². The number of carbonyl (C=O) groups excluding carboxylic acids is 1. The van der Waals surface area contributed by atoms with Gasteiger partial charge in [0.15, 0.2) is 0 Å². The van der Waals surface area contributed by atoms with Gasteiger partial charge in [-0.2, -0.15) is 0 Å². The second kappa shape index (κ2) is 7.25. The summed E-state index contributed by atoms with van der Waals surface area (Å²) in [6, 6.07) is 2.79. The van der Waals surface area contributed by atoms with Crippen LogP contribution in [-0.4, -0.2) is 34.2 Å². The molecule has 0 saturated heterocycles. The van der Waals surface area contributed by atoms with Crippen LogP contribution in [0, 0.1) is 0 Å². The molecule has 0 heterocycles. The highest BCUT2D eigenvalue weighted by atomic mass is 79.9. The van der Waals surface area contributed by atoms with Crippen molar-refractivity contribution in [3.8, 4) is 0 Å². The number of hydrogen-bond donors (Lipinski definition) is 4. The van der Waals surface area contributed by atoms with Crippen molar-refractivity contribution in [1.82, 2.24) is 5.32 Å². The predicted octanol–water partition coefficient (Wildman–Crippen LogP) is 2.26. The van der Waals surface area contributed by atoms with Gasteiger partial charge in [-0.25, -0.2) is 9.59 Å². The third-order valence-electron chi connectivity index (χ3n) is 2.18. The van der Waals surface area contributed by atoms with Gasteiger partial charge in [0.1, 0.15) is 6.04 Å². The van der Waals surface area contributed by atoms with E-state index in [1.54, 1.807) is 18.2 Å². The van der Waals surface area contributed by atoms with Crippen LogP contribution in [-0.2, 0) is 9.59 Å². The normalized spacial score (nSPS) is 11.5. The van der Waals surface area contributed by atoms with Gasteiger partial charge in [0.2, 0.25) is 0 Å². The Balaban J connectivity index is 2.76. The average molecular weight is 410 g/mol. The van der Waals surface area contributed by atoms with Gasteiger partial charge in [-0.1, -0.05) is 6.07 Å². The molecule has 0 aliphatic carbocycles. The number of nitrogens with one attached hydrogen (secondary N) is 2. The first-order valence-corrected chi connectivity index (χ1v) is 6.86. The summed E-state index contributed by atoms with van der Waals surface area (Å²) in [5, 5.41) is 21.9. The maximum atomic E-state index is 11.7. The number of rotatable bonds is 5. The Hall–Kier alpha value is -1.61. The number of aliphatic carboxylic acids is 2. The van der Waals surface area contributed by atoms with E-state index in [0.29, 0.717) is 14.6 Å². The maximum absolute atomic E-state index is 11.7. The predicted molar refractivity (Wildman–Crippen MR) is 77.7 cm³/mol. The summed E-state index contributed by atoms with van der Waals surface area (Å²) in [5.41, 5.74) is 0.407. The topological polar surface area (TPSA) is 116 Å². The molecule has 0 radical (unpaired) electrons. The third kappa shape index (κ3) is 4.82. The van der Waals surface area contributed by atoms with Crippen LogP contribution in [0.15, 0.2) is 27.1 Å². The third-order valence-corrected chi connectivity index (χ3v) is 3.51. The van der Waals surface area contributed by atoms with Crippen LogP contribution in [0.4, 0.5) is 10.5 Å². The van der Waals surface area contributed by atoms with Crippen LogP contribution in [0.2, 0.25) is 0 Å². The lowest BCUT2D eigenvalue weighted by Crippen LogP contribution is -2.44. The number of anilines is 1. The minimum Gasteiger partial charge on any atom is -0.481 e. The van der Waals surface area contributed by atoms with Crippen LogP contribution in [0.25, 0.3) is 0 Å². The highest BCUT2D eigenvalue weighted by molar-refractivity contribution is 9.11. The molecule has 0 aromatic heterocycles. The van der Waals surface area contributed by atoms with Gasteiger partial charge in [-0.15, -0.1) is 0 Å². The molecule has 20 heavy (non-hydrogen) atoms. The molecule has 1 unspecified atom stereocenters. The smallest absolute Gasteiger partial charge is 0.326 e. The lowest BCUT2D eigenvalue weighted by atomic mass is 10.2. The zero-order valence-electron chi connectivity index (χ0n) is 9.89. The fourth-order valence-electron chi connectivity index (χ4n) is 1.30. The zero-order valence-corrected chi connectivity index (χ0v) is 13.1. The monoisotopic (exact) mass is 408 g/mol. The minimum absolute atomic E-state index is 0.407. The first-order valence-electron chi connectivity index (χ1n) is 5.27. The van der Waals surface area contributed by atoms with E-state index in [4.69, 9.17) is 10.2 Å². The molecule has 1 aromatic carbocycles. The van der Waals surface area contributed by atoms with Crippen molar-refractivity contribution >= 4 is 55.5 Å². The molecular formula is C11H10Br2N2O5. The van der Waals surface area contributed by atoms with Crippen molar-refractivity contribution in [2.24, 2.45) is 0 Å². The van der Waals surface area contributed by atoms with Crippen LogP contribution >= 0.6 is 31.9 Å². The molecular weight excluding hydrogens is 400 g/mol. The second-order valence-electron chi connectivity index (χ2n) is 3.68. The van der Waals surface area contributed by atoms with Gasteiger partial charge >= 0.3 is 18.0 Å². The van der Waals surface area contributed by atoms with Crippen LogP contribution in [0.3, 0.4) is 0 Å². The summed E-state index contributed by atoms with van der Waals surface area (Å²) in [4.78, 5) is 33.0. The van der Waals surface area contributed by atoms with Gasteiger partial charge in [0.05, 0.1) is 12.1 Å². The molecule has 1 aromatic rings. The van der Waals surface area contributed by atoms with E-state index in [-0.39, 0.29) is 0 Å². The number of hydrogen-bond acceptors (Lipinski definition) is 3. The average Bonchev–Trinajstić information content (AvgIpc) is 2.32. The molecule has 2 amide bonds. The van der Waals surface area contributed by atoms with Gasteiger partial charge in [-0.3, -0.25) is 4.79 Å². The van der Waals surface area contributed by atoms with E-state index in [1.165, 1.54) is 0 Å². The second-order valence-corrected chi connectivity index (χ2v) is 5.39. The summed E-state index contributed by atoms with van der Waals surface area (Å²) in [5.74, 6) is -2.74. The quantitative estimate of drug-likeness (QED) is 0.595. The standard InChI is InChI=1S/C11H10Br2N2O5/c12-5-2-1-3-6(13)9(5)15-11(20)14-7(10(18)19)4-8(16)17/h1-3,7H,4H2,(H,16,17)(H,18,19)(H2,14,15,20). The van der Waals surface area contributed by atoms with E-state index < -0.39 is 30.4 Å². The number of carbonyl (C=O) groups is 3. The molecule has 0 bridgehead atoms. The van der Waals surface area contributed by atoms with Crippen molar-refractivity contribution in [3.05, 3.63) is 27.1 Å². The molecule has 0 aliphatic heterocycles. The summed E-state index contributed by atoms with van der Waals surface area (Å²) in [7, 11) is 0. The Morgan fingerprint density at radius 1 is 1.15 bits per heavy atom. The van der Waals surface area contributed by atoms with Crippen molar-refractivity contribution in [2.45, 2.75) is 12.5 Å². The molecule has 1 atom stereocenters. The molecule has 0 spiro atoms. The SMILES string of the molecule is O=C(O)CC(NC(=O)Nc1c(Br)cccc1Br)C(=O)O. The van der Waals surface area contributed by atoms with E-state index >= 15 is 0 Å². The zero-order chi connectivity index (χ0) is 15.3. The van der Waals surface area contributed by atoms with Crippen molar-refractivity contribution in [2.75, 3.05) is 5.32 Å². The number of carboxylic acids is 2. The molecule has 0 fully saturated rings. The lowest BCUT2D eigenvalue weighted by Gasteiger charge is -2.14. The molecule has 0 saturated carbocycles. The number of amides is 2. The van der Waals surface area contributed by atoms with Gasteiger partial charge in [0, 0.05) is 8.95 Å². The van der Waals surface area contributed by atoms with Crippen molar-refractivity contribution < 1.29 is 24.6 Å². The van der Waals surface area contributed by atoms with Gasteiger partial charge < -0.3 is 20.8 Å². The summed E-state index contributed by atoms with van der Waals surface area (Å²) in [6.07, 6.45) is -0.708. The van der Waals surface area contributed by atoms with Crippen molar-refractivity contribution in [1.29, 1.82) is 0 Å². The molecule has 1 rings (SSSR count). The van der Waals surface area contributed by atoms with Gasteiger partial charge in [-0.05, 0) is 44.0 Å². The number of carboxylic acid groups (broad SMARTS) is 2. The van der Waals surface area contributed by atoms with Crippen molar-refractivity contribution in [3.63, 3.8) is 0 Å². The Morgan fingerprint density at radius 3 is 2.15 bits per heavy atom. The van der Waals surface area contributed by atoms with E-state index in [2.05, 4.69) is 42.5 Å². The molecule has 108 valence electrons. The largest absolute Gasteiger partial charge is 0.481 e. The Bertz CT molecular complexity index is 529. The Kier molecular flexibility index (Phi) is 5.96. The number of halogens is 2.